The van der Waals surface area contributed by atoms with E-state index in [1.807, 2.05) is 13.0 Å². The summed E-state index contributed by atoms with van der Waals surface area (Å²) in [7, 11) is 1.22. The van der Waals surface area contributed by atoms with Crippen molar-refractivity contribution in [1.82, 2.24) is 9.78 Å². The van der Waals surface area contributed by atoms with Crippen molar-refractivity contribution in [2.75, 3.05) is 12.4 Å². The van der Waals surface area contributed by atoms with Gasteiger partial charge in [-0.3, -0.25) is 29.7 Å². The minimum atomic E-state index is -0.685. The van der Waals surface area contributed by atoms with E-state index >= 15 is 0 Å². The van der Waals surface area contributed by atoms with Crippen LogP contribution in [0.15, 0.2) is 48.7 Å². The normalized spacial score (nSPS) is 10.4. The van der Waals surface area contributed by atoms with E-state index in [-0.39, 0.29) is 35.2 Å². The van der Waals surface area contributed by atoms with Crippen molar-refractivity contribution >= 4 is 23.0 Å². The maximum atomic E-state index is 12.4. The number of nitrogens with one attached hydrogen (secondary N) is 1. The van der Waals surface area contributed by atoms with E-state index in [1.165, 1.54) is 25.3 Å². The summed E-state index contributed by atoms with van der Waals surface area (Å²) in [6.07, 6.45) is 1.05. The van der Waals surface area contributed by atoms with E-state index < -0.39 is 15.8 Å². The maximum Gasteiger partial charge on any atom is 0.350 e. The molecular weight excluding hydrogens is 410 g/mol. The minimum absolute atomic E-state index is 0.121. The molecule has 0 fully saturated rings. The van der Waals surface area contributed by atoms with Gasteiger partial charge < -0.3 is 14.8 Å². The van der Waals surface area contributed by atoms with E-state index in [1.54, 1.807) is 18.2 Å². The van der Waals surface area contributed by atoms with Crippen molar-refractivity contribution < 1.29 is 24.1 Å². The molecule has 0 aliphatic carbocycles. The lowest BCUT2D eigenvalue weighted by Gasteiger charge is -2.10. The monoisotopic (exact) mass is 427 g/mol. The molecule has 2 aromatic carbocycles. The highest BCUT2D eigenvalue weighted by atomic mass is 16.6. The minimum Gasteiger partial charge on any atom is -0.475 e. The lowest BCUT2D eigenvalue weighted by Crippen LogP contribution is -2.19. The number of ether oxygens (including phenoxy) is 2. The molecule has 0 atom stereocenters. The summed E-state index contributed by atoms with van der Waals surface area (Å²) in [6.45, 7) is 1.50. The zero-order valence-electron chi connectivity index (χ0n) is 16.5. The van der Waals surface area contributed by atoms with Gasteiger partial charge in [-0.1, -0.05) is 12.1 Å². The number of aromatic nitrogens is 2. The third-order valence-electron chi connectivity index (χ3n) is 4.02. The third kappa shape index (κ3) is 5.32. The second-order valence-corrected chi connectivity index (χ2v) is 6.42. The Bertz CT molecular complexity index is 1160. The van der Waals surface area contributed by atoms with Gasteiger partial charge in [-0.05, 0) is 24.6 Å². The SMILES string of the molecule is COc1nn(CC(=O)Nc2cc(Oc3cccc(C)c3)cc([N+](=O)[O-])c2)cc1[N+](=O)[O-]. The molecular formula is C19H17N5O7. The number of carbonyl (C=O) groups excluding carboxylic acids is 1. The number of rotatable bonds is 8. The number of nitrogens with zero attached hydrogens (tertiary/aromatic N) is 4. The molecule has 0 aliphatic heterocycles. The van der Waals surface area contributed by atoms with Gasteiger partial charge >= 0.3 is 11.6 Å². The van der Waals surface area contributed by atoms with Gasteiger partial charge in [0, 0.05) is 12.1 Å². The highest BCUT2D eigenvalue weighted by Gasteiger charge is 2.21. The number of aryl methyl sites for hydroxylation is 1. The number of methoxy groups -OCH3 is 1. The number of nitro benzene ring substituents is 1. The molecule has 3 aromatic rings. The lowest BCUT2D eigenvalue weighted by molar-refractivity contribution is -0.385. The van der Waals surface area contributed by atoms with Crippen molar-refractivity contribution in [3.05, 3.63) is 74.5 Å². The van der Waals surface area contributed by atoms with Gasteiger partial charge in [0.25, 0.3) is 5.69 Å². The van der Waals surface area contributed by atoms with E-state index in [9.17, 15) is 25.0 Å². The van der Waals surface area contributed by atoms with Gasteiger partial charge in [-0.25, -0.2) is 0 Å². The summed E-state index contributed by atoms with van der Waals surface area (Å²) in [4.78, 5) is 33.3. The van der Waals surface area contributed by atoms with E-state index in [0.717, 1.165) is 16.4 Å². The van der Waals surface area contributed by atoms with Crippen LogP contribution in [0.5, 0.6) is 17.4 Å². The molecule has 0 spiro atoms. The van der Waals surface area contributed by atoms with Crippen molar-refractivity contribution in [3.8, 4) is 17.4 Å². The zero-order valence-corrected chi connectivity index (χ0v) is 16.5. The Balaban J connectivity index is 1.80. The summed E-state index contributed by atoms with van der Waals surface area (Å²) in [5.41, 5.74) is 0.395. The average molecular weight is 427 g/mol. The first-order valence-electron chi connectivity index (χ1n) is 8.85. The first-order valence-corrected chi connectivity index (χ1v) is 8.85. The number of non-ortho nitro benzene ring substituents is 1. The van der Waals surface area contributed by atoms with Crippen LogP contribution in [-0.4, -0.2) is 32.6 Å². The molecule has 160 valence electrons. The predicted octanol–water partition coefficient (Wildman–Crippen LogP) is 3.45. The highest BCUT2D eigenvalue weighted by Crippen LogP contribution is 2.30. The Labute approximate surface area is 175 Å². The van der Waals surface area contributed by atoms with Crippen LogP contribution in [0.1, 0.15) is 5.56 Å². The second-order valence-electron chi connectivity index (χ2n) is 6.42. The maximum absolute atomic E-state index is 12.4. The first kappa shape index (κ1) is 21.2. The van der Waals surface area contributed by atoms with Crippen molar-refractivity contribution in [1.29, 1.82) is 0 Å². The van der Waals surface area contributed by atoms with E-state index in [4.69, 9.17) is 9.47 Å². The first-order chi connectivity index (χ1) is 14.7. The molecule has 0 unspecified atom stereocenters. The Morgan fingerprint density at radius 3 is 2.52 bits per heavy atom. The van der Waals surface area contributed by atoms with Crippen LogP contribution < -0.4 is 14.8 Å². The van der Waals surface area contributed by atoms with Crippen LogP contribution in [0.25, 0.3) is 0 Å². The van der Waals surface area contributed by atoms with Gasteiger partial charge in [-0.2, -0.15) is 0 Å². The molecule has 0 bridgehead atoms. The smallest absolute Gasteiger partial charge is 0.350 e. The van der Waals surface area contributed by atoms with Gasteiger partial charge in [0.1, 0.15) is 24.2 Å². The molecule has 1 heterocycles. The number of nitro groups is 2. The van der Waals surface area contributed by atoms with Crippen LogP contribution >= 0.6 is 0 Å². The Morgan fingerprint density at radius 2 is 1.90 bits per heavy atom. The van der Waals surface area contributed by atoms with E-state index in [2.05, 4.69) is 10.4 Å². The van der Waals surface area contributed by atoms with Crippen molar-refractivity contribution in [2.45, 2.75) is 13.5 Å². The van der Waals surface area contributed by atoms with Crippen LogP contribution in [0.4, 0.5) is 17.1 Å². The largest absolute Gasteiger partial charge is 0.475 e. The molecule has 1 N–H and O–H groups in total. The van der Waals surface area contributed by atoms with Gasteiger partial charge in [0.05, 0.1) is 28.7 Å². The number of hydrogen-bond donors (Lipinski definition) is 1. The summed E-state index contributed by atoms with van der Waals surface area (Å²) in [5, 5.41) is 28.6. The average Bonchev–Trinajstić information content (AvgIpc) is 3.10. The fourth-order valence-electron chi connectivity index (χ4n) is 2.73. The number of carbonyl (C=O) groups is 1. The molecule has 0 radical (unpaired) electrons. The molecule has 0 aliphatic rings. The fourth-order valence-corrected chi connectivity index (χ4v) is 2.73. The Hall–Kier alpha value is -4.48. The standard InChI is InChI=1S/C19H17N5O7/c1-12-4-3-5-15(6-12)31-16-8-13(7-14(9-16)23(26)27)20-18(25)11-22-10-17(24(28)29)19(21-22)30-2/h3-10H,11H2,1-2H3,(H,20,25). The van der Waals surface area contributed by atoms with Gasteiger partial charge in [0.15, 0.2) is 0 Å². The second kappa shape index (κ2) is 8.90. The topological polar surface area (TPSA) is 152 Å². The molecule has 1 aromatic heterocycles. The van der Waals surface area contributed by atoms with Crippen LogP contribution in [0.2, 0.25) is 0 Å². The third-order valence-corrected chi connectivity index (χ3v) is 4.02. The van der Waals surface area contributed by atoms with Gasteiger partial charge in [0.2, 0.25) is 5.91 Å². The fraction of sp³-hybridized carbons (Fsp3) is 0.158. The Morgan fingerprint density at radius 1 is 1.13 bits per heavy atom. The molecule has 1 amide bonds. The molecule has 3 rings (SSSR count). The van der Waals surface area contributed by atoms with E-state index in [0.29, 0.717) is 5.75 Å². The molecule has 0 saturated carbocycles. The highest BCUT2D eigenvalue weighted by molar-refractivity contribution is 5.91. The number of anilines is 1. The number of hydrogen-bond acceptors (Lipinski definition) is 8. The van der Waals surface area contributed by atoms with Crippen LogP contribution in [0.3, 0.4) is 0 Å². The number of amides is 1. The Kier molecular flexibility index (Phi) is 6.10. The molecule has 31 heavy (non-hydrogen) atoms. The van der Waals surface area contributed by atoms with Crippen LogP contribution in [-0.2, 0) is 11.3 Å². The lowest BCUT2D eigenvalue weighted by atomic mass is 10.2. The summed E-state index contributed by atoms with van der Waals surface area (Å²) in [6, 6.07) is 11.0. The molecule has 12 nitrogen and oxygen atoms in total. The summed E-state index contributed by atoms with van der Waals surface area (Å²) >= 11 is 0. The number of benzene rings is 2. The van der Waals surface area contributed by atoms with Gasteiger partial charge in [-0.15, -0.1) is 5.10 Å². The van der Waals surface area contributed by atoms with Crippen molar-refractivity contribution in [3.63, 3.8) is 0 Å². The van der Waals surface area contributed by atoms with Crippen molar-refractivity contribution in [2.24, 2.45) is 0 Å². The molecule has 0 saturated heterocycles. The summed E-state index contributed by atoms with van der Waals surface area (Å²) in [5.74, 6) is -0.204. The summed E-state index contributed by atoms with van der Waals surface area (Å²) < 4.78 is 11.5. The van der Waals surface area contributed by atoms with Crippen LogP contribution in [0, 0.1) is 27.2 Å². The molecule has 12 heteroatoms. The quantitative estimate of drug-likeness (QED) is 0.424. The zero-order chi connectivity index (χ0) is 22.5. The predicted molar refractivity (Wildman–Crippen MR) is 108 cm³/mol.